The van der Waals surface area contributed by atoms with Crippen LogP contribution in [0.4, 0.5) is 0 Å². The molecular formula is C24H40. The lowest BCUT2D eigenvalue weighted by Crippen LogP contribution is -1.90. The van der Waals surface area contributed by atoms with Crippen molar-refractivity contribution in [1.82, 2.24) is 0 Å². The second-order valence-corrected chi connectivity index (χ2v) is 7.30. The summed E-state index contributed by atoms with van der Waals surface area (Å²) < 4.78 is 0. The SMILES string of the molecule is C=CCCCCCCCCC(=CC)CC.CC=C1CC2C=CC1C2. The molecule has 136 valence electrons. The minimum atomic E-state index is 0.833. The quantitative estimate of drug-likeness (QED) is 0.280. The molecule has 2 aliphatic rings. The van der Waals surface area contributed by atoms with Gasteiger partial charge in [-0.3, -0.25) is 0 Å². The maximum atomic E-state index is 3.74. The number of allylic oxidation sites excluding steroid dienone is 7. The fourth-order valence-corrected chi connectivity index (χ4v) is 3.86. The Morgan fingerprint density at radius 3 is 2.25 bits per heavy atom. The molecule has 0 N–H and O–H groups in total. The average Bonchev–Trinajstić information content (AvgIpc) is 3.24. The molecule has 0 spiro atoms. The van der Waals surface area contributed by atoms with E-state index >= 15 is 0 Å². The van der Waals surface area contributed by atoms with E-state index < -0.39 is 0 Å². The second kappa shape index (κ2) is 13.3. The first-order valence-corrected chi connectivity index (χ1v) is 10.3. The van der Waals surface area contributed by atoms with Crippen LogP contribution in [-0.4, -0.2) is 0 Å². The third kappa shape index (κ3) is 8.18. The molecular weight excluding hydrogens is 288 g/mol. The molecule has 0 radical (unpaired) electrons. The first-order chi connectivity index (χ1) is 11.7. The molecule has 2 atom stereocenters. The zero-order valence-electron chi connectivity index (χ0n) is 16.5. The van der Waals surface area contributed by atoms with Gasteiger partial charge >= 0.3 is 0 Å². The van der Waals surface area contributed by atoms with Crippen LogP contribution < -0.4 is 0 Å². The molecule has 0 aromatic carbocycles. The van der Waals surface area contributed by atoms with Gasteiger partial charge in [-0.05, 0) is 70.6 Å². The van der Waals surface area contributed by atoms with Gasteiger partial charge in [-0.1, -0.05) is 74.1 Å². The van der Waals surface area contributed by atoms with E-state index in [2.05, 4.69) is 51.7 Å². The molecule has 2 bridgehead atoms. The Morgan fingerprint density at radius 1 is 1.08 bits per heavy atom. The van der Waals surface area contributed by atoms with Crippen LogP contribution in [0.2, 0.25) is 0 Å². The molecule has 0 heteroatoms. The zero-order chi connectivity index (χ0) is 17.6. The summed E-state index contributed by atoms with van der Waals surface area (Å²) in [6.45, 7) is 10.3. The highest BCUT2D eigenvalue weighted by Gasteiger charge is 2.29. The summed E-state index contributed by atoms with van der Waals surface area (Å²) in [7, 11) is 0. The normalized spacial score (nSPS) is 23.5. The van der Waals surface area contributed by atoms with E-state index in [4.69, 9.17) is 0 Å². The van der Waals surface area contributed by atoms with Gasteiger partial charge in [-0.25, -0.2) is 0 Å². The van der Waals surface area contributed by atoms with Gasteiger partial charge in [-0.2, -0.15) is 0 Å². The van der Waals surface area contributed by atoms with Crippen LogP contribution in [0, 0.1) is 11.8 Å². The molecule has 0 aromatic rings. The van der Waals surface area contributed by atoms with E-state index in [9.17, 15) is 0 Å². The number of hydrogen-bond acceptors (Lipinski definition) is 0. The number of hydrogen-bond donors (Lipinski definition) is 0. The van der Waals surface area contributed by atoms with E-state index in [1.54, 1.807) is 11.1 Å². The lowest BCUT2D eigenvalue weighted by Gasteiger charge is -2.05. The van der Waals surface area contributed by atoms with Crippen molar-refractivity contribution in [3.63, 3.8) is 0 Å². The average molecular weight is 329 g/mol. The number of rotatable bonds is 10. The molecule has 2 aliphatic carbocycles. The summed E-state index contributed by atoms with van der Waals surface area (Å²) in [5.74, 6) is 1.74. The van der Waals surface area contributed by atoms with Crippen molar-refractivity contribution in [3.05, 3.63) is 48.1 Å². The lowest BCUT2D eigenvalue weighted by atomic mass is 10.0. The minimum Gasteiger partial charge on any atom is -0.103 e. The molecule has 1 saturated carbocycles. The Morgan fingerprint density at radius 2 is 1.79 bits per heavy atom. The Labute approximate surface area is 151 Å². The molecule has 2 unspecified atom stereocenters. The van der Waals surface area contributed by atoms with E-state index in [-0.39, 0.29) is 0 Å². The van der Waals surface area contributed by atoms with Crippen molar-refractivity contribution in [3.8, 4) is 0 Å². The van der Waals surface area contributed by atoms with Gasteiger partial charge < -0.3 is 0 Å². The van der Waals surface area contributed by atoms with Crippen molar-refractivity contribution in [2.75, 3.05) is 0 Å². The van der Waals surface area contributed by atoms with Crippen LogP contribution in [0.15, 0.2) is 48.1 Å². The fourth-order valence-electron chi connectivity index (χ4n) is 3.86. The van der Waals surface area contributed by atoms with Crippen LogP contribution in [0.1, 0.15) is 91.4 Å². The Kier molecular flexibility index (Phi) is 11.6. The summed E-state index contributed by atoms with van der Waals surface area (Å²) in [6, 6.07) is 0. The summed E-state index contributed by atoms with van der Waals surface area (Å²) >= 11 is 0. The summed E-state index contributed by atoms with van der Waals surface area (Å²) in [6.07, 6.45) is 26.2. The molecule has 24 heavy (non-hydrogen) atoms. The van der Waals surface area contributed by atoms with Crippen LogP contribution in [0.5, 0.6) is 0 Å². The van der Waals surface area contributed by atoms with E-state index in [1.165, 1.54) is 70.6 Å². The summed E-state index contributed by atoms with van der Waals surface area (Å²) in [4.78, 5) is 0. The van der Waals surface area contributed by atoms with Crippen LogP contribution >= 0.6 is 0 Å². The molecule has 0 aliphatic heterocycles. The molecule has 0 heterocycles. The van der Waals surface area contributed by atoms with E-state index in [1.807, 2.05) is 6.08 Å². The highest BCUT2D eigenvalue weighted by atomic mass is 14.3. The molecule has 2 rings (SSSR count). The van der Waals surface area contributed by atoms with Gasteiger partial charge in [0.25, 0.3) is 0 Å². The maximum absolute atomic E-state index is 3.74. The lowest BCUT2D eigenvalue weighted by molar-refractivity contribution is 0.593. The molecule has 0 nitrogen and oxygen atoms in total. The van der Waals surface area contributed by atoms with Gasteiger partial charge in [0.2, 0.25) is 0 Å². The highest BCUT2D eigenvalue weighted by molar-refractivity contribution is 5.26. The smallest absolute Gasteiger partial charge is 0.00174 e. The predicted molar refractivity (Wildman–Crippen MR) is 110 cm³/mol. The van der Waals surface area contributed by atoms with Gasteiger partial charge in [0.05, 0.1) is 0 Å². The first kappa shape index (κ1) is 21.0. The zero-order valence-corrected chi connectivity index (χ0v) is 16.5. The van der Waals surface area contributed by atoms with Gasteiger partial charge in [0, 0.05) is 0 Å². The Bertz CT molecular complexity index is 421. The molecule has 0 saturated heterocycles. The monoisotopic (exact) mass is 328 g/mol. The largest absolute Gasteiger partial charge is 0.103 e. The van der Waals surface area contributed by atoms with Gasteiger partial charge in [0.1, 0.15) is 0 Å². The molecule has 1 fully saturated rings. The standard InChI is InChI=1S/C15H28.C9H12/c1-4-7-8-9-10-11-12-13-14-15(5-2)6-3;1-2-8-5-7-3-4-9(8)6-7/h4-5H,1,6-14H2,2-3H3;2-4,7,9H,5-6H2,1H3. The van der Waals surface area contributed by atoms with Crippen molar-refractivity contribution in [2.45, 2.75) is 91.4 Å². The third-order valence-corrected chi connectivity index (χ3v) is 5.54. The number of fused-ring (bicyclic) bond motifs is 2. The summed E-state index contributed by atoms with van der Waals surface area (Å²) in [5.41, 5.74) is 3.30. The van der Waals surface area contributed by atoms with Crippen molar-refractivity contribution in [1.29, 1.82) is 0 Å². The van der Waals surface area contributed by atoms with Gasteiger partial charge in [0.15, 0.2) is 0 Å². The predicted octanol–water partition coefficient (Wildman–Crippen LogP) is 8.18. The molecule has 0 amide bonds. The van der Waals surface area contributed by atoms with Crippen LogP contribution in [0.25, 0.3) is 0 Å². The van der Waals surface area contributed by atoms with E-state index in [0.29, 0.717) is 0 Å². The maximum Gasteiger partial charge on any atom is -0.00174 e. The van der Waals surface area contributed by atoms with Gasteiger partial charge in [-0.15, -0.1) is 6.58 Å². The highest BCUT2D eigenvalue weighted by Crippen LogP contribution is 2.42. The van der Waals surface area contributed by atoms with Crippen LogP contribution in [-0.2, 0) is 0 Å². The Hall–Kier alpha value is -1.04. The molecule has 0 aromatic heterocycles. The minimum absolute atomic E-state index is 0.833. The third-order valence-electron chi connectivity index (χ3n) is 5.54. The first-order valence-electron chi connectivity index (χ1n) is 10.3. The number of unbranched alkanes of at least 4 members (excludes halogenated alkanes) is 6. The fraction of sp³-hybridized carbons (Fsp3) is 0.667. The van der Waals surface area contributed by atoms with E-state index in [0.717, 1.165) is 11.8 Å². The van der Waals surface area contributed by atoms with Crippen molar-refractivity contribution in [2.24, 2.45) is 11.8 Å². The second-order valence-electron chi connectivity index (χ2n) is 7.30. The van der Waals surface area contributed by atoms with Crippen molar-refractivity contribution >= 4 is 0 Å². The summed E-state index contributed by atoms with van der Waals surface area (Å²) in [5, 5.41) is 0. The topological polar surface area (TPSA) is 0 Å². The Balaban J connectivity index is 0.000000267. The van der Waals surface area contributed by atoms with Crippen LogP contribution in [0.3, 0.4) is 0 Å². The van der Waals surface area contributed by atoms with Crippen molar-refractivity contribution < 1.29 is 0 Å².